The first kappa shape index (κ1) is 15.1. The molecule has 0 radical (unpaired) electrons. The smallest absolute Gasteiger partial charge is 0.249 e. The minimum atomic E-state index is -0.395. The van der Waals surface area contributed by atoms with E-state index in [1.54, 1.807) is 0 Å². The highest BCUT2D eigenvalue weighted by molar-refractivity contribution is 5.81. The molecule has 120 valence electrons. The van der Waals surface area contributed by atoms with Gasteiger partial charge in [-0.3, -0.25) is 4.79 Å². The number of hydrogen-bond acceptors (Lipinski definition) is 5. The fourth-order valence-corrected chi connectivity index (χ4v) is 2.79. The van der Waals surface area contributed by atoms with E-state index in [1.165, 1.54) is 0 Å². The van der Waals surface area contributed by atoms with Gasteiger partial charge in [0.2, 0.25) is 5.91 Å². The van der Waals surface area contributed by atoms with Crippen LogP contribution in [0.5, 0.6) is 11.5 Å². The van der Waals surface area contributed by atoms with Crippen LogP contribution in [-0.2, 0) is 9.53 Å². The monoisotopic (exact) mass is 306 g/mol. The number of nitrogens with one attached hydrogen (secondary N) is 1. The Morgan fingerprint density at radius 2 is 2.09 bits per heavy atom. The lowest BCUT2D eigenvalue weighted by atomic mass is 10.1. The van der Waals surface area contributed by atoms with Crippen molar-refractivity contribution < 1.29 is 19.0 Å². The molecule has 22 heavy (non-hydrogen) atoms. The molecular weight excluding hydrogens is 284 g/mol. The maximum absolute atomic E-state index is 12.2. The molecule has 0 aliphatic carbocycles. The van der Waals surface area contributed by atoms with Crippen LogP contribution in [0.3, 0.4) is 0 Å². The summed E-state index contributed by atoms with van der Waals surface area (Å²) in [6, 6.07) is 5.61. The molecule has 0 bridgehead atoms. The zero-order valence-electron chi connectivity index (χ0n) is 12.7. The maximum atomic E-state index is 12.2. The van der Waals surface area contributed by atoms with E-state index in [4.69, 9.17) is 19.9 Å². The third kappa shape index (κ3) is 3.18. The van der Waals surface area contributed by atoms with Crippen molar-refractivity contribution in [2.24, 2.45) is 5.73 Å². The molecule has 6 heteroatoms. The molecule has 6 nitrogen and oxygen atoms in total. The van der Waals surface area contributed by atoms with Crippen molar-refractivity contribution in [3.8, 4) is 11.5 Å². The van der Waals surface area contributed by atoms with Gasteiger partial charge in [-0.25, -0.2) is 0 Å². The Balaban J connectivity index is 1.62. The summed E-state index contributed by atoms with van der Waals surface area (Å²) in [6.45, 7) is 3.52. The van der Waals surface area contributed by atoms with E-state index in [-0.39, 0.29) is 18.1 Å². The molecule has 0 aromatic heterocycles. The largest absolute Gasteiger partial charge is 0.486 e. The summed E-state index contributed by atoms with van der Waals surface area (Å²) in [5.74, 6) is 1.39. The van der Waals surface area contributed by atoms with Gasteiger partial charge in [-0.15, -0.1) is 0 Å². The minimum absolute atomic E-state index is 0.000324. The van der Waals surface area contributed by atoms with Crippen molar-refractivity contribution in [2.45, 2.75) is 38.0 Å². The van der Waals surface area contributed by atoms with Crippen molar-refractivity contribution in [2.75, 3.05) is 19.8 Å². The Hall–Kier alpha value is -1.79. The minimum Gasteiger partial charge on any atom is -0.486 e. The van der Waals surface area contributed by atoms with E-state index >= 15 is 0 Å². The number of fused-ring (bicyclic) bond motifs is 1. The molecule has 3 atom stereocenters. The van der Waals surface area contributed by atoms with E-state index in [2.05, 4.69) is 5.32 Å². The second kappa shape index (κ2) is 6.54. The number of nitrogens with two attached hydrogens (primary N) is 1. The van der Waals surface area contributed by atoms with Crippen LogP contribution in [0.2, 0.25) is 0 Å². The molecule has 1 aromatic rings. The molecule has 2 heterocycles. The molecular formula is C16H22N2O4. The van der Waals surface area contributed by atoms with Gasteiger partial charge in [-0.05, 0) is 37.5 Å². The van der Waals surface area contributed by atoms with E-state index in [0.29, 0.717) is 19.8 Å². The molecule has 2 aliphatic heterocycles. The van der Waals surface area contributed by atoms with Crippen LogP contribution in [0.1, 0.15) is 31.4 Å². The highest BCUT2D eigenvalue weighted by Crippen LogP contribution is 2.32. The summed E-state index contributed by atoms with van der Waals surface area (Å²) in [5.41, 5.74) is 6.55. The van der Waals surface area contributed by atoms with Gasteiger partial charge in [-0.1, -0.05) is 6.07 Å². The molecule has 1 fully saturated rings. The first-order chi connectivity index (χ1) is 10.7. The zero-order chi connectivity index (χ0) is 15.5. The van der Waals surface area contributed by atoms with Crippen LogP contribution in [0, 0.1) is 0 Å². The summed E-state index contributed by atoms with van der Waals surface area (Å²) in [7, 11) is 0. The molecule has 1 saturated heterocycles. The third-order valence-electron chi connectivity index (χ3n) is 4.09. The summed E-state index contributed by atoms with van der Waals surface area (Å²) in [4.78, 5) is 12.2. The molecule has 2 aliphatic rings. The van der Waals surface area contributed by atoms with Gasteiger partial charge in [-0.2, -0.15) is 0 Å². The van der Waals surface area contributed by atoms with Crippen LogP contribution in [-0.4, -0.2) is 37.9 Å². The normalized spacial score (nSPS) is 24.8. The number of amides is 1. The molecule has 0 spiro atoms. The lowest BCUT2D eigenvalue weighted by Crippen LogP contribution is -2.37. The number of carbonyl (C=O) groups excluding carboxylic acids is 1. The summed E-state index contributed by atoms with van der Waals surface area (Å²) >= 11 is 0. The summed E-state index contributed by atoms with van der Waals surface area (Å²) < 4.78 is 16.7. The topological polar surface area (TPSA) is 82.8 Å². The van der Waals surface area contributed by atoms with Crippen LogP contribution in [0.15, 0.2) is 18.2 Å². The van der Waals surface area contributed by atoms with Gasteiger partial charge in [0, 0.05) is 6.54 Å². The second-order valence-electron chi connectivity index (χ2n) is 5.69. The van der Waals surface area contributed by atoms with Gasteiger partial charge < -0.3 is 25.3 Å². The van der Waals surface area contributed by atoms with Crippen LogP contribution < -0.4 is 20.5 Å². The standard InChI is InChI=1S/C16H22N2O4/c1-10(18-16(19)14-5-3-12(9-17)22-14)11-2-4-13-15(8-11)21-7-6-20-13/h2,4,8,10,12,14H,3,5-7,9,17H2,1H3,(H,18,19)/t10?,12-,14+/m1/s1. The number of hydrogen-bond donors (Lipinski definition) is 2. The van der Waals surface area contributed by atoms with Gasteiger partial charge >= 0.3 is 0 Å². The Labute approximate surface area is 129 Å². The third-order valence-corrected chi connectivity index (χ3v) is 4.09. The zero-order valence-corrected chi connectivity index (χ0v) is 12.7. The fourth-order valence-electron chi connectivity index (χ4n) is 2.79. The number of carbonyl (C=O) groups is 1. The first-order valence-electron chi connectivity index (χ1n) is 7.73. The van der Waals surface area contributed by atoms with Crippen molar-refractivity contribution >= 4 is 5.91 Å². The first-order valence-corrected chi connectivity index (χ1v) is 7.73. The quantitative estimate of drug-likeness (QED) is 0.871. The molecule has 3 rings (SSSR count). The van der Waals surface area contributed by atoms with E-state index in [1.807, 2.05) is 25.1 Å². The van der Waals surface area contributed by atoms with Crippen molar-refractivity contribution in [1.29, 1.82) is 0 Å². The average Bonchev–Trinajstić information content (AvgIpc) is 3.03. The van der Waals surface area contributed by atoms with Gasteiger partial charge in [0.05, 0.1) is 12.1 Å². The van der Waals surface area contributed by atoms with Crippen molar-refractivity contribution in [1.82, 2.24) is 5.32 Å². The molecule has 3 N–H and O–H groups in total. The maximum Gasteiger partial charge on any atom is 0.249 e. The SMILES string of the molecule is CC(NC(=O)[C@@H]1CC[C@H](CN)O1)c1ccc2c(c1)OCCO2. The second-order valence-corrected chi connectivity index (χ2v) is 5.69. The van der Waals surface area contributed by atoms with Crippen molar-refractivity contribution in [3.05, 3.63) is 23.8 Å². The summed E-state index contributed by atoms with van der Waals surface area (Å²) in [6.07, 6.45) is 1.17. The molecule has 1 amide bonds. The number of rotatable bonds is 4. The lowest BCUT2D eigenvalue weighted by molar-refractivity contribution is -0.132. The highest BCUT2D eigenvalue weighted by atomic mass is 16.6. The van der Waals surface area contributed by atoms with Gasteiger partial charge in [0.15, 0.2) is 11.5 Å². The van der Waals surface area contributed by atoms with Gasteiger partial charge in [0.1, 0.15) is 19.3 Å². The average molecular weight is 306 g/mol. The predicted octanol–water partition coefficient (Wildman–Crippen LogP) is 1.14. The number of benzene rings is 1. The van der Waals surface area contributed by atoms with Crippen LogP contribution in [0.4, 0.5) is 0 Å². The molecule has 0 saturated carbocycles. The Morgan fingerprint density at radius 1 is 1.32 bits per heavy atom. The Bertz CT molecular complexity index is 549. The van der Waals surface area contributed by atoms with E-state index in [9.17, 15) is 4.79 Å². The fraction of sp³-hybridized carbons (Fsp3) is 0.562. The van der Waals surface area contributed by atoms with Crippen molar-refractivity contribution in [3.63, 3.8) is 0 Å². The molecule has 1 aromatic carbocycles. The van der Waals surface area contributed by atoms with Gasteiger partial charge in [0.25, 0.3) is 0 Å². The number of ether oxygens (including phenoxy) is 3. The van der Waals surface area contributed by atoms with Crippen LogP contribution >= 0.6 is 0 Å². The Morgan fingerprint density at radius 3 is 2.82 bits per heavy atom. The predicted molar refractivity (Wildman–Crippen MR) is 80.9 cm³/mol. The van der Waals surface area contributed by atoms with E-state index in [0.717, 1.165) is 29.9 Å². The summed E-state index contributed by atoms with van der Waals surface area (Å²) in [5, 5.41) is 2.99. The van der Waals surface area contributed by atoms with E-state index < -0.39 is 6.10 Å². The molecule has 1 unspecified atom stereocenters. The Kier molecular flexibility index (Phi) is 4.49. The highest BCUT2D eigenvalue weighted by Gasteiger charge is 2.30. The lowest BCUT2D eigenvalue weighted by Gasteiger charge is -2.22. The van der Waals surface area contributed by atoms with Crippen LogP contribution in [0.25, 0.3) is 0 Å².